The second-order valence-electron chi connectivity index (χ2n) is 7.66. The summed E-state index contributed by atoms with van der Waals surface area (Å²) in [5.41, 5.74) is 5.79. The van der Waals surface area contributed by atoms with Crippen molar-refractivity contribution in [3.8, 4) is 0 Å². The summed E-state index contributed by atoms with van der Waals surface area (Å²) in [6.45, 7) is 5.14. The van der Waals surface area contributed by atoms with E-state index in [9.17, 15) is 28.8 Å². The molecule has 0 spiro atoms. The van der Waals surface area contributed by atoms with Crippen molar-refractivity contribution < 1.29 is 120 Å². The SMILES string of the molecule is CC(=O)O.CC1=[C-]C(=O)N(CCCCCC(=O)O)C1=O.CC1=[C-]C(=O)OC1=O.NCCCCCC(=O)O.[2HH].[Y].[Y]. The van der Waals surface area contributed by atoms with E-state index in [0.717, 1.165) is 31.1 Å². The fourth-order valence-corrected chi connectivity index (χ4v) is 2.49. The van der Waals surface area contributed by atoms with E-state index in [-0.39, 0.29) is 97.1 Å². The maximum atomic E-state index is 11.4. The van der Waals surface area contributed by atoms with E-state index >= 15 is 0 Å². The van der Waals surface area contributed by atoms with Gasteiger partial charge in [0.25, 0.3) is 5.97 Å². The molecule has 5 N–H and O–H groups in total. The average molecular weight is 707 g/mol. The number of amides is 2. The quantitative estimate of drug-likeness (QED) is 0.0790. The van der Waals surface area contributed by atoms with Crippen molar-refractivity contribution >= 4 is 41.7 Å². The van der Waals surface area contributed by atoms with Crippen molar-refractivity contribution in [3.05, 3.63) is 23.3 Å². The molecule has 0 aromatic rings. The van der Waals surface area contributed by atoms with Crippen LogP contribution in [-0.2, 0) is 104 Å². The summed E-state index contributed by atoms with van der Waals surface area (Å²) in [6, 6.07) is 0. The van der Waals surface area contributed by atoms with Crippen LogP contribution < -0.4 is 5.73 Å². The number of unbranched alkanes of at least 4 members (excludes halogenated alkanes) is 4. The van der Waals surface area contributed by atoms with E-state index in [1.54, 1.807) is 6.92 Å². The molecule has 0 unspecified atom stereocenters. The van der Waals surface area contributed by atoms with E-state index in [1.165, 1.54) is 6.92 Å². The van der Waals surface area contributed by atoms with Crippen molar-refractivity contribution in [1.82, 2.24) is 4.90 Å². The Kier molecular flexibility index (Phi) is 30.2. The molecule has 2 heterocycles. The molecule has 15 heteroatoms. The first kappa shape index (κ1) is 44.4. The number of cyclic esters (lactones) is 2. The first-order valence-corrected chi connectivity index (χ1v) is 11.4. The van der Waals surface area contributed by atoms with Gasteiger partial charge in [-0.1, -0.05) is 26.7 Å². The Balaban J connectivity index is -0.000000147. The summed E-state index contributed by atoms with van der Waals surface area (Å²) in [5.74, 6) is -4.32. The number of carbonyl (C=O) groups is 7. The maximum absolute atomic E-state index is 11.4. The Morgan fingerprint density at radius 3 is 1.56 bits per heavy atom. The Morgan fingerprint density at radius 2 is 1.28 bits per heavy atom. The number of carboxylic acid groups (broad SMARTS) is 3. The zero-order chi connectivity index (χ0) is 29.0. The van der Waals surface area contributed by atoms with Crippen LogP contribution in [0.4, 0.5) is 0 Å². The third kappa shape index (κ3) is 26.3. The monoisotopic (exact) mass is 707 g/mol. The molecule has 0 saturated heterocycles. The zero-order valence-electron chi connectivity index (χ0n) is 22.4. The van der Waals surface area contributed by atoms with Crippen molar-refractivity contribution in [2.24, 2.45) is 5.73 Å². The Hall–Kier alpha value is -1.66. The molecule has 0 aromatic heterocycles. The van der Waals surface area contributed by atoms with Gasteiger partial charge in [-0.25, -0.2) is 0 Å². The number of hydrogen-bond acceptors (Lipinski definition) is 9. The van der Waals surface area contributed by atoms with Gasteiger partial charge in [-0.05, 0) is 32.2 Å². The molecule has 0 fully saturated rings. The van der Waals surface area contributed by atoms with Crippen LogP contribution >= 0.6 is 0 Å². The number of rotatable bonds is 11. The molecule has 0 bridgehead atoms. The van der Waals surface area contributed by atoms with Crippen LogP contribution in [0.3, 0.4) is 0 Å². The maximum Gasteiger partial charge on any atom is 0.303 e. The number of imide groups is 1. The summed E-state index contributed by atoms with van der Waals surface area (Å²) in [4.78, 5) is 73.3. The topological polar surface area (TPSA) is 219 Å². The van der Waals surface area contributed by atoms with Crippen molar-refractivity contribution in [3.63, 3.8) is 0 Å². The summed E-state index contributed by atoms with van der Waals surface area (Å²) in [5, 5.41) is 24.0. The predicted octanol–water partition coefficient (Wildman–Crippen LogP) is 1.49. The minimum Gasteiger partial charge on any atom is -0.495 e. The van der Waals surface area contributed by atoms with E-state index in [2.05, 4.69) is 16.9 Å². The number of aliphatic carboxylic acids is 3. The first-order chi connectivity index (χ1) is 17.2. The van der Waals surface area contributed by atoms with E-state index in [1.807, 2.05) is 0 Å². The molecule has 216 valence electrons. The van der Waals surface area contributed by atoms with Crippen LogP contribution in [0, 0.1) is 12.2 Å². The third-order valence-electron chi connectivity index (χ3n) is 4.25. The van der Waals surface area contributed by atoms with Crippen LogP contribution in [0.5, 0.6) is 0 Å². The van der Waals surface area contributed by atoms with Gasteiger partial charge in [-0.2, -0.15) is 17.7 Å². The molecule has 2 rings (SSSR count). The molecule has 2 amide bonds. The molecule has 13 nitrogen and oxygen atoms in total. The number of carboxylic acids is 3. The average Bonchev–Trinajstić information content (AvgIpc) is 3.20. The fraction of sp³-hybridized carbons (Fsp3) is 0.542. The van der Waals surface area contributed by atoms with Gasteiger partial charge in [0.1, 0.15) is 5.91 Å². The molecule has 0 aliphatic carbocycles. The number of nitrogens with two attached hydrogens (primary N) is 1. The molecule has 2 aliphatic heterocycles. The molecule has 39 heavy (non-hydrogen) atoms. The Bertz CT molecular complexity index is 905. The fourth-order valence-electron chi connectivity index (χ4n) is 2.49. The van der Waals surface area contributed by atoms with Crippen LogP contribution in [-0.4, -0.2) is 75.0 Å². The molecule has 0 aromatic carbocycles. The van der Waals surface area contributed by atoms with Crippen molar-refractivity contribution in [1.29, 1.82) is 0 Å². The second-order valence-corrected chi connectivity index (χ2v) is 7.66. The van der Waals surface area contributed by atoms with E-state index in [4.69, 9.17) is 25.8 Å². The third-order valence-corrected chi connectivity index (χ3v) is 4.25. The summed E-state index contributed by atoms with van der Waals surface area (Å²) >= 11 is 0. The molecule has 2 aliphatic rings. The van der Waals surface area contributed by atoms with E-state index < -0.39 is 29.8 Å². The molecular formula is C24H36N2O11Y2-2. The number of ether oxygens (including phenoxy) is 1. The number of nitrogens with zero attached hydrogens (tertiary/aromatic N) is 1. The van der Waals surface area contributed by atoms with Gasteiger partial charge in [0.2, 0.25) is 5.97 Å². The van der Waals surface area contributed by atoms with Gasteiger partial charge >= 0.3 is 11.9 Å². The Morgan fingerprint density at radius 1 is 0.821 bits per heavy atom. The number of carbonyl (C=O) groups excluding carboxylic acids is 4. The van der Waals surface area contributed by atoms with Crippen molar-refractivity contribution in [2.75, 3.05) is 13.1 Å². The van der Waals surface area contributed by atoms with Gasteiger partial charge in [-0.15, -0.1) is 5.57 Å². The zero-order valence-corrected chi connectivity index (χ0v) is 28.0. The normalized spacial score (nSPS) is 13.0. The van der Waals surface area contributed by atoms with Gasteiger partial charge in [-0.3, -0.25) is 24.0 Å². The van der Waals surface area contributed by atoms with Crippen LogP contribution in [0.15, 0.2) is 11.1 Å². The van der Waals surface area contributed by atoms with Gasteiger partial charge in [0, 0.05) is 93.2 Å². The van der Waals surface area contributed by atoms with Crippen LogP contribution in [0.1, 0.15) is 73.6 Å². The molecule has 0 atom stereocenters. The van der Waals surface area contributed by atoms with Gasteiger partial charge in [0.05, 0.1) is 5.91 Å². The standard InChI is InChI=1S/C11H14NO4.C6H13NO2.C5H3O3.C2H4O2.2Y.H2/c1-8-7-9(13)12(11(8)16)6-4-2-3-5-10(14)15;7-5-3-1-2-4-6(8)9;1-3-2-4(6)8-5(3)7;1-2(3)4;;;/h2-6H2,1H3,(H,14,15);1-5,7H2,(H,8,9);1H3;1H3,(H,3,4);;;1H/q-1;;-1;;;;/i;;;;;;1+1. The number of hydrogen-bond donors (Lipinski definition) is 4. The Labute approximate surface area is 279 Å². The molecular weight excluding hydrogens is 670 g/mol. The van der Waals surface area contributed by atoms with Crippen molar-refractivity contribution in [2.45, 2.75) is 72.1 Å². The summed E-state index contributed by atoms with van der Waals surface area (Å²) in [7, 11) is 0. The smallest absolute Gasteiger partial charge is 0.303 e. The minimum atomic E-state index is -0.833. The van der Waals surface area contributed by atoms with Crippen LogP contribution in [0.25, 0.3) is 0 Å². The summed E-state index contributed by atoms with van der Waals surface area (Å²) in [6.07, 6.45) is 9.55. The minimum absolute atomic E-state index is 0. The van der Waals surface area contributed by atoms with Gasteiger partial charge in [0.15, 0.2) is 5.97 Å². The van der Waals surface area contributed by atoms with E-state index in [0.29, 0.717) is 37.9 Å². The largest absolute Gasteiger partial charge is 0.495 e. The second kappa shape index (κ2) is 26.6. The predicted molar refractivity (Wildman–Crippen MR) is 129 cm³/mol. The number of esters is 2. The van der Waals surface area contributed by atoms with Gasteiger partial charge < -0.3 is 40.3 Å². The van der Waals surface area contributed by atoms with Crippen LogP contribution in [0.2, 0.25) is 0 Å². The first-order valence-electron chi connectivity index (χ1n) is 11.4. The molecule has 0 saturated carbocycles. The summed E-state index contributed by atoms with van der Waals surface area (Å²) < 4.78 is 4.05. The molecule has 2 radical (unpaired) electrons.